The number of pyridine rings is 1. The van der Waals surface area contributed by atoms with E-state index in [0.29, 0.717) is 16.5 Å². The van der Waals surface area contributed by atoms with Crippen LogP contribution in [0.1, 0.15) is 23.5 Å². The first kappa shape index (κ1) is 26.2. The molecular formula is C32H26FN5O2S. The van der Waals surface area contributed by atoms with Crippen LogP contribution in [0.5, 0.6) is 5.75 Å². The highest BCUT2D eigenvalue weighted by Crippen LogP contribution is 2.42. The van der Waals surface area contributed by atoms with Crippen LogP contribution in [0.3, 0.4) is 0 Å². The smallest absolute Gasteiger partial charge is 0.262 e. The van der Waals surface area contributed by atoms with Crippen molar-refractivity contribution in [2.24, 2.45) is 0 Å². The Balaban J connectivity index is 1.28. The Morgan fingerprint density at radius 3 is 2.37 bits per heavy atom. The van der Waals surface area contributed by atoms with Gasteiger partial charge < -0.3 is 24.8 Å². The van der Waals surface area contributed by atoms with E-state index in [1.54, 1.807) is 30.5 Å². The van der Waals surface area contributed by atoms with Gasteiger partial charge in [-0.2, -0.15) is 0 Å². The number of amides is 1. The summed E-state index contributed by atoms with van der Waals surface area (Å²) in [6, 6.07) is 32.4. The summed E-state index contributed by atoms with van der Waals surface area (Å²) in [6.45, 7) is -0.0971. The number of thiocarbonyl (C=S) groups is 1. The van der Waals surface area contributed by atoms with Crippen molar-refractivity contribution in [3.8, 4) is 11.4 Å². The summed E-state index contributed by atoms with van der Waals surface area (Å²) in [6.07, 6.45) is 3.71. The number of benzene rings is 3. The number of rotatable bonds is 8. The van der Waals surface area contributed by atoms with Gasteiger partial charge in [0.25, 0.3) is 5.91 Å². The largest absolute Gasteiger partial charge is 0.484 e. The molecule has 1 aliphatic rings. The average molecular weight is 564 g/mol. The molecule has 3 heterocycles. The van der Waals surface area contributed by atoms with Crippen LogP contribution in [-0.2, 0) is 4.79 Å². The Hall–Kier alpha value is -5.02. The lowest BCUT2D eigenvalue weighted by Crippen LogP contribution is -2.30. The molecule has 7 nitrogen and oxygen atoms in total. The number of nitrogens with zero attached hydrogens (tertiary/aromatic N) is 3. The zero-order valence-electron chi connectivity index (χ0n) is 21.9. The summed E-state index contributed by atoms with van der Waals surface area (Å²) < 4.78 is 21.3. The maximum Gasteiger partial charge on any atom is 0.262 e. The molecule has 41 heavy (non-hydrogen) atoms. The van der Waals surface area contributed by atoms with Crippen molar-refractivity contribution in [2.45, 2.75) is 12.1 Å². The van der Waals surface area contributed by atoms with Gasteiger partial charge in [0.2, 0.25) is 0 Å². The second kappa shape index (κ2) is 11.6. The Bertz CT molecular complexity index is 1640. The van der Waals surface area contributed by atoms with Crippen molar-refractivity contribution in [3.05, 3.63) is 139 Å². The minimum atomic E-state index is -0.294. The zero-order chi connectivity index (χ0) is 28.2. The minimum absolute atomic E-state index is 0.0971. The highest BCUT2D eigenvalue weighted by atomic mass is 32.1. The van der Waals surface area contributed by atoms with Crippen LogP contribution < -0.4 is 20.3 Å². The van der Waals surface area contributed by atoms with Gasteiger partial charge in [-0.05, 0) is 97.1 Å². The van der Waals surface area contributed by atoms with Gasteiger partial charge in [-0.15, -0.1) is 0 Å². The number of hydrogen-bond donors (Lipinski definition) is 2. The van der Waals surface area contributed by atoms with Crippen molar-refractivity contribution in [3.63, 3.8) is 0 Å². The Labute approximate surface area is 242 Å². The van der Waals surface area contributed by atoms with Gasteiger partial charge in [-0.3, -0.25) is 9.78 Å². The van der Waals surface area contributed by atoms with Crippen LogP contribution in [0.15, 0.2) is 122 Å². The van der Waals surface area contributed by atoms with E-state index in [-0.39, 0.29) is 30.4 Å². The molecule has 0 saturated carbocycles. The normalized spacial score (nSPS) is 16.3. The highest BCUT2D eigenvalue weighted by molar-refractivity contribution is 7.80. The summed E-state index contributed by atoms with van der Waals surface area (Å²) in [4.78, 5) is 19.1. The molecule has 204 valence electrons. The van der Waals surface area contributed by atoms with E-state index in [2.05, 4.69) is 15.6 Å². The van der Waals surface area contributed by atoms with E-state index in [1.165, 1.54) is 12.1 Å². The molecule has 1 fully saturated rings. The van der Waals surface area contributed by atoms with Crippen molar-refractivity contribution in [1.82, 2.24) is 14.9 Å². The van der Waals surface area contributed by atoms with Gasteiger partial charge >= 0.3 is 0 Å². The third kappa shape index (κ3) is 5.66. The first-order valence-electron chi connectivity index (χ1n) is 13.1. The lowest BCUT2D eigenvalue weighted by molar-refractivity contribution is -0.118. The fourth-order valence-corrected chi connectivity index (χ4v) is 5.32. The average Bonchev–Trinajstić information content (AvgIpc) is 3.62. The summed E-state index contributed by atoms with van der Waals surface area (Å²) in [5, 5.41) is 6.88. The van der Waals surface area contributed by atoms with E-state index in [4.69, 9.17) is 17.0 Å². The first-order valence-corrected chi connectivity index (χ1v) is 13.5. The van der Waals surface area contributed by atoms with Crippen molar-refractivity contribution in [2.75, 3.05) is 16.8 Å². The second-order valence-corrected chi connectivity index (χ2v) is 9.86. The van der Waals surface area contributed by atoms with E-state index in [1.807, 2.05) is 88.5 Å². The maximum absolute atomic E-state index is 13.7. The number of ether oxygens (including phenoxy) is 1. The molecule has 0 bridgehead atoms. The Kier molecular flexibility index (Phi) is 7.42. The number of aromatic nitrogens is 2. The van der Waals surface area contributed by atoms with Crippen molar-refractivity contribution < 1.29 is 13.9 Å². The minimum Gasteiger partial charge on any atom is -0.484 e. The molecule has 0 spiro atoms. The van der Waals surface area contributed by atoms with Crippen molar-refractivity contribution in [1.29, 1.82) is 0 Å². The lowest BCUT2D eigenvalue weighted by Gasteiger charge is -2.29. The summed E-state index contributed by atoms with van der Waals surface area (Å²) in [5.41, 5.74) is 4.11. The van der Waals surface area contributed by atoms with E-state index < -0.39 is 0 Å². The number of carbonyl (C=O) groups is 1. The number of anilines is 2. The molecular weight excluding hydrogens is 537 g/mol. The molecule has 1 amide bonds. The third-order valence-corrected chi connectivity index (χ3v) is 7.14. The molecule has 9 heteroatoms. The number of nitrogens with one attached hydrogen (secondary N) is 2. The van der Waals surface area contributed by atoms with Crippen LogP contribution in [-0.4, -0.2) is 27.2 Å². The van der Waals surface area contributed by atoms with E-state index in [0.717, 1.165) is 22.8 Å². The monoisotopic (exact) mass is 563 g/mol. The predicted octanol–water partition coefficient (Wildman–Crippen LogP) is 6.21. The number of halogens is 1. The van der Waals surface area contributed by atoms with Crippen LogP contribution in [0.2, 0.25) is 0 Å². The van der Waals surface area contributed by atoms with E-state index in [9.17, 15) is 9.18 Å². The molecule has 0 unspecified atom stereocenters. The highest BCUT2D eigenvalue weighted by Gasteiger charge is 2.42. The summed E-state index contributed by atoms with van der Waals surface area (Å²) in [5.74, 6) is 0.0788. The molecule has 2 atom stereocenters. The Morgan fingerprint density at radius 1 is 0.902 bits per heavy atom. The maximum atomic E-state index is 13.7. The molecule has 6 rings (SSSR count). The molecule has 0 radical (unpaired) electrons. The summed E-state index contributed by atoms with van der Waals surface area (Å²) >= 11 is 5.85. The fourth-order valence-electron chi connectivity index (χ4n) is 4.97. The fraction of sp³-hybridized carbons (Fsp3) is 0.0938. The molecule has 1 aliphatic heterocycles. The van der Waals surface area contributed by atoms with Gasteiger partial charge in [-0.25, -0.2) is 4.39 Å². The number of carbonyl (C=O) groups excluding carboxylic acids is 1. The second-order valence-electron chi connectivity index (χ2n) is 9.47. The van der Waals surface area contributed by atoms with Crippen LogP contribution in [0.4, 0.5) is 15.8 Å². The molecule has 2 N–H and O–H groups in total. The zero-order valence-corrected chi connectivity index (χ0v) is 22.7. The quantitative estimate of drug-likeness (QED) is 0.219. The van der Waals surface area contributed by atoms with Gasteiger partial charge in [0.15, 0.2) is 11.7 Å². The SMILES string of the molecule is O=C(COc1ccccc1)Nc1ccc(N2C(=S)N[C@H](c3ccccn3)[C@H]2c2cccn2-c2ccc(F)cc2)cc1. The first-order chi connectivity index (χ1) is 20.1. The van der Waals surface area contributed by atoms with Gasteiger partial charge in [0.05, 0.1) is 11.7 Å². The molecule has 5 aromatic rings. The summed E-state index contributed by atoms with van der Waals surface area (Å²) in [7, 11) is 0. The lowest BCUT2D eigenvalue weighted by atomic mass is 10.0. The van der Waals surface area contributed by atoms with Crippen LogP contribution in [0.25, 0.3) is 5.69 Å². The van der Waals surface area contributed by atoms with Crippen LogP contribution >= 0.6 is 12.2 Å². The molecule has 2 aromatic heterocycles. The topological polar surface area (TPSA) is 71.4 Å². The molecule has 0 aliphatic carbocycles. The number of hydrogen-bond acceptors (Lipinski definition) is 4. The Morgan fingerprint density at radius 2 is 1.63 bits per heavy atom. The number of para-hydroxylation sites is 1. The molecule has 3 aromatic carbocycles. The third-order valence-electron chi connectivity index (χ3n) is 6.83. The predicted molar refractivity (Wildman–Crippen MR) is 161 cm³/mol. The van der Waals surface area contributed by atoms with Crippen LogP contribution in [0, 0.1) is 5.82 Å². The molecule has 1 saturated heterocycles. The van der Waals surface area contributed by atoms with Gasteiger partial charge in [0, 0.05) is 35.1 Å². The van der Waals surface area contributed by atoms with Gasteiger partial charge in [0.1, 0.15) is 17.6 Å². The van der Waals surface area contributed by atoms with Gasteiger partial charge in [-0.1, -0.05) is 24.3 Å². The van der Waals surface area contributed by atoms with E-state index >= 15 is 0 Å². The standard InChI is InChI=1S/C32H26FN5O2S/c33-22-11-15-24(16-12-22)37-20-6-10-28(37)31-30(27-9-4-5-19-34-27)36-32(41)38(31)25-17-13-23(14-18-25)35-29(39)21-40-26-7-2-1-3-8-26/h1-20,30-31H,21H2,(H,35,39)(H,36,41)/t30-,31-/m1/s1. The van der Waals surface area contributed by atoms with Crippen molar-refractivity contribution >= 4 is 34.6 Å².